The van der Waals surface area contributed by atoms with Gasteiger partial charge in [0.2, 0.25) is 5.91 Å². The van der Waals surface area contributed by atoms with Gasteiger partial charge in [-0.25, -0.2) is 4.98 Å². The zero-order chi connectivity index (χ0) is 17.3. The molecule has 122 valence electrons. The molecule has 0 atom stereocenters. The summed E-state index contributed by atoms with van der Waals surface area (Å²) in [5, 5.41) is 3.68. The van der Waals surface area contributed by atoms with E-state index in [9.17, 15) is 9.59 Å². The highest BCUT2D eigenvalue weighted by Gasteiger charge is 2.10. The second kappa shape index (κ2) is 6.41. The third-order valence-electron chi connectivity index (χ3n) is 3.40. The summed E-state index contributed by atoms with van der Waals surface area (Å²) in [6.45, 7) is 4.80. The molecule has 6 heteroatoms. The molecule has 0 saturated heterocycles. The lowest BCUT2D eigenvalue weighted by Crippen LogP contribution is -2.06. The van der Waals surface area contributed by atoms with Crippen LogP contribution in [0.25, 0.3) is 20.8 Å². The highest BCUT2D eigenvalue weighted by molar-refractivity contribution is 7.21. The van der Waals surface area contributed by atoms with Crippen LogP contribution in [-0.4, -0.2) is 16.9 Å². The number of thiazole rings is 1. The van der Waals surface area contributed by atoms with Crippen molar-refractivity contribution in [2.45, 2.75) is 20.8 Å². The maximum atomic E-state index is 11.2. The predicted octanol–water partition coefficient (Wildman–Crippen LogP) is 4.16. The number of carbonyl (C=O) groups excluding carboxylic acids is 2. The number of carbonyl (C=O) groups is 2. The average Bonchev–Trinajstić information content (AvgIpc) is 2.91. The number of esters is 1. The molecule has 3 aromatic rings. The number of nitrogens with one attached hydrogen (secondary N) is 1. The van der Waals surface area contributed by atoms with Gasteiger partial charge in [-0.2, -0.15) is 0 Å². The largest absolute Gasteiger partial charge is 0.427 e. The molecule has 2 aromatic carbocycles. The van der Waals surface area contributed by atoms with E-state index in [0.717, 1.165) is 32.0 Å². The van der Waals surface area contributed by atoms with Gasteiger partial charge in [0.05, 0.1) is 10.2 Å². The van der Waals surface area contributed by atoms with E-state index in [4.69, 9.17) is 4.74 Å². The van der Waals surface area contributed by atoms with Crippen LogP contribution in [0.2, 0.25) is 0 Å². The van der Waals surface area contributed by atoms with Crippen LogP contribution in [0, 0.1) is 6.92 Å². The first-order chi connectivity index (χ1) is 11.4. The highest BCUT2D eigenvalue weighted by atomic mass is 32.1. The Morgan fingerprint density at radius 1 is 1.12 bits per heavy atom. The Bertz CT molecular complexity index is 947. The lowest BCUT2D eigenvalue weighted by molar-refractivity contribution is -0.131. The Labute approximate surface area is 143 Å². The van der Waals surface area contributed by atoms with E-state index < -0.39 is 0 Å². The van der Waals surface area contributed by atoms with E-state index in [0.29, 0.717) is 5.75 Å². The summed E-state index contributed by atoms with van der Waals surface area (Å²) in [6.07, 6.45) is 0. The van der Waals surface area contributed by atoms with Gasteiger partial charge >= 0.3 is 5.97 Å². The van der Waals surface area contributed by atoms with E-state index >= 15 is 0 Å². The lowest BCUT2D eigenvalue weighted by atomic mass is 10.1. The van der Waals surface area contributed by atoms with Gasteiger partial charge < -0.3 is 10.1 Å². The molecule has 0 unspecified atom stereocenters. The van der Waals surface area contributed by atoms with E-state index in [-0.39, 0.29) is 11.9 Å². The zero-order valence-electron chi connectivity index (χ0n) is 13.5. The van der Waals surface area contributed by atoms with Crippen LogP contribution in [0.3, 0.4) is 0 Å². The standard InChI is InChI=1S/C18H16N2O3S/c1-10-8-13(4-6-15(10)19-11(2)21)18-20-16-9-14(23-12(3)22)5-7-17(16)24-18/h4-9H,1-3H3,(H,19,21). The topological polar surface area (TPSA) is 68.3 Å². The number of anilines is 1. The SMILES string of the molecule is CC(=O)Nc1ccc(-c2nc3cc(OC(C)=O)ccc3s2)cc1C. The number of hydrogen-bond acceptors (Lipinski definition) is 5. The van der Waals surface area contributed by atoms with Crippen molar-refractivity contribution in [3.63, 3.8) is 0 Å². The van der Waals surface area contributed by atoms with Crippen molar-refractivity contribution in [3.05, 3.63) is 42.0 Å². The van der Waals surface area contributed by atoms with E-state index in [1.165, 1.54) is 13.8 Å². The molecule has 0 aliphatic carbocycles. The molecule has 0 radical (unpaired) electrons. The monoisotopic (exact) mass is 340 g/mol. The number of nitrogens with zero attached hydrogens (tertiary/aromatic N) is 1. The van der Waals surface area contributed by atoms with Crippen LogP contribution in [-0.2, 0) is 9.59 Å². The Morgan fingerprint density at radius 3 is 2.58 bits per heavy atom. The third kappa shape index (κ3) is 3.44. The van der Waals surface area contributed by atoms with Crippen LogP contribution in [0.1, 0.15) is 19.4 Å². The summed E-state index contributed by atoms with van der Waals surface area (Å²) in [4.78, 5) is 26.9. The van der Waals surface area contributed by atoms with Crippen molar-refractivity contribution >= 4 is 39.1 Å². The van der Waals surface area contributed by atoms with Gasteiger partial charge in [0.25, 0.3) is 0 Å². The smallest absolute Gasteiger partial charge is 0.308 e. The minimum Gasteiger partial charge on any atom is -0.427 e. The Kier molecular flexibility index (Phi) is 4.31. The molecule has 24 heavy (non-hydrogen) atoms. The van der Waals surface area contributed by atoms with Crippen molar-refractivity contribution in [1.82, 2.24) is 4.98 Å². The first kappa shape index (κ1) is 16.1. The number of ether oxygens (including phenoxy) is 1. The molecule has 1 N–H and O–H groups in total. The lowest BCUT2D eigenvalue weighted by Gasteiger charge is -2.07. The maximum absolute atomic E-state index is 11.2. The molecule has 0 spiro atoms. The van der Waals surface area contributed by atoms with E-state index in [1.54, 1.807) is 23.5 Å². The molecule has 0 aliphatic heterocycles. The molecule has 1 amide bonds. The summed E-state index contributed by atoms with van der Waals surface area (Å²) in [5.74, 6) is 0.0434. The summed E-state index contributed by atoms with van der Waals surface area (Å²) < 4.78 is 6.11. The van der Waals surface area contributed by atoms with Crippen molar-refractivity contribution in [2.75, 3.05) is 5.32 Å². The van der Waals surface area contributed by atoms with Crippen molar-refractivity contribution in [3.8, 4) is 16.3 Å². The summed E-state index contributed by atoms with van der Waals surface area (Å²) in [6, 6.07) is 11.2. The summed E-state index contributed by atoms with van der Waals surface area (Å²) in [7, 11) is 0. The van der Waals surface area contributed by atoms with Crippen molar-refractivity contribution in [1.29, 1.82) is 0 Å². The number of benzene rings is 2. The molecule has 1 aromatic heterocycles. The quantitative estimate of drug-likeness (QED) is 0.574. The maximum Gasteiger partial charge on any atom is 0.308 e. The highest BCUT2D eigenvalue weighted by Crippen LogP contribution is 2.33. The molecule has 0 saturated carbocycles. The van der Waals surface area contributed by atoms with Crippen LogP contribution in [0.15, 0.2) is 36.4 Å². The predicted molar refractivity (Wildman–Crippen MR) is 95.4 cm³/mol. The first-order valence-corrected chi connectivity index (χ1v) is 8.21. The zero-order valence-corrected chi connectivity index (χ0v) is 14.4. The fourth-order valence-corrected chi connectivity index (χ4v) is 3.33. The van der Waals surface area contributed by atoms with Crippen molar-refractivity contribution in [2.24, 2.45) is 0 Å². The number of fused-ring (bicyclic) bond motifs is 1. The number of aryl methyl sites for hydroxylation is 1. The Balaban J connectivity index is 1.95. The molecule has 0 fully saturated rings. The second-order valence-electron chi connectivity index (χ2n) is 5.45. The second-order valence-corrected chi connectivity index (χ2v) is 6.48. The molecule has 1 heterocycles. The third-order valence-corrected chi connectivity index (χ3v) is 4.49. The summed E-state index contributed by atoms with van der Waals surface area (Å²) >= 11 is 1.57. The summed E-state index contributed by atoms with van der Waals surface area (Å²) in [5.41, 5.74) is 3.54. The number of hydrogen-bond donors (Lipinski definition) is 1. The Morgan fingerprint density at radius 2 is 1.92 bits per heavy atom. The fraction of sp³-hybridized carbons (Fsp3) is 0.167. The molecular weight excluding hydrogens is 324 g/mol. The van der Waals surface area contributed by atoms with Gasteiger partial charge in [0.1, 0.15) is 10.8 Å². The molecule has 0 aliphatic rings. The van der Waals surface area contributed by atoms with E-state index in [1.807, 2.05) is 31.2 Å². The number of amides is 1. The molecule has 3 rings (SSSR count). The van der Waals surface area contributed by atoms with Gasteiger partial charge in [0.15, 0.2) is 0 Å². The minimum atomic E-state index is -0.353. The van der Waals surface area contributed by atoms with Gasteiger partial charge in [-0.15, -0.1) is 11.3 Å². The average molecular weight is 340 g/mol. The fourth-order valence-electron chi connectivity index (χ4n) is 2.39. The van der Waals surface area contributed by atoms with Crippen molar-refractivity contribution < 1.29 is 14.3 Å². The van der Waals surface area contributed by atoms with Crippen LogP contribution >= 0.6 is 11.3 Å². The molecule has 5 nitrogen and oxygen atoms in total. The number of rotatable bonds is 3. The first-order valence-electron chi connectivity index (χ1n) is 7.40. The van der Waals surface area contributed by atoms with Crippen LogP contribution in [0.5, 0.6) is 5.75 Å². The van der Waals surface area contributed by atoms with Gasteiger partial charge in [0, 0.05) is 31.2 Å². The minimum absolute atomic E-state index is 0.0937. The van der Waals surface area contributed by atoms with Crippen LogP contribution in [0.4, 0.5) is 5.69 Å². The van der Waals surface area contributed by atoms with Gasteiger partial charge in [-0.3, -0.25) is 9.59 Å². The van der Waals surface area contributed by atoms with Gasteiger partial charge in [-0.1, -0.05) is 0 Å². The van der Waals surface area contributed by atoms with Gasteiger partial charge in [-0.05, 0) is 42.8 Å². The normalized spacial score (nSPS) is 10.6. The molecular formula is C18H16N2O3S. The number of aromatic nitrogens is 1. The Hall–Kier alpha value is -2.73. The molecule has 0 bridgehead atoms. The van der Waals surface area contributed by atoms with E-state index in [2.05, 4.69) is 10.3 Å². The van der Waals surface area contributed by atoms with Crippen LogP contribution < -0.4 is 10.1 Å².